The number of anilines is 1. The number of ether oxygens (including phenoxy) is 1. The summed E-state index contributed by atoms with van der Waals surface area (Å²) in [5.74, 6) is -1.15. The van der Waals surface area contributed by atoms with Crippen molar-refractivity contribution in [3.63, 3.8) is 0 Å². The van der Waals surface area contributed by atoms with Crippen molar-refractivity contribution < 1.29 is 19.2 Å². The van der Waals surface area contributed by atoms with Gasteiger partial charge in [0.2, 0.25) is 6.10 Å². The fourth-order valence-corrected chi connectivity index (χ4v) is 2.39. The maximum absolute atomic E-state index is 12.7. The fraction of sp³-hybridized carbons (Fsp3) is 0.263. The second-order valence-corrected chi connectivity index (χ2v) is 5.80. The summed E-state index contributed by atoms with van der Waals surface area (Å²) >= 11 is 0. The molecule has 0 aliphatic heterocycles. The Morgan fingerprint density at radius 1 is 1.19 bits per heavy atom. The van der Waals surface area contributed by atoms with Gasteiger partial charge in [-0.25, -0.2) is 0 Å². The van der Waals surface area contributed by atoms with Gasteiger partial charge in [-0.3, -0.25) is 19.7 Å². The predicted octanol–water partition coefficient (Wildman–Crippen LogP) is 3.93. The summed E-state index contributed by atoms with van der Waals surface area (Å²) in [5.41, 5.74) is 1.02. The van der Waals surface area contributed by atoms with Gasteiger partial charge in [0.1, 0.15) is 5.69 Å². The molecular formula is C19H20N2O5. The lowest BCUT2D eigenvalue weighted by molar-refractivity contribution is -0.384. The molecule has 1 amide bonds. The number of nitro groups is 1. The van der Waals surface area contributed by atoms with E-state index >= 15 is 0 Å². The number of aryl methyl sites for hydroxylation is 1. The largest absolute Gasteiger partial charge is 0.447 e. The van der Waals surface area contributed by atoms with Crippen LogP contribution in [0.4, 0.5) is 11.4 Å². The van der Waals surface area contributed by atoms with Gasteiger partial charge in [0.05, 0.1) is 4.92 Å². The second kappa shape index (κ2) is 8.75. The number of nitrogens with zero attached hydrogens (tertiary/aromatic N) is 1. The van der Waals surface area contributed by atoms with Gasteiger partial charge in [-0.05, 0) is 25.0 Å². The monoisotopic (exact) mass is 356 g/mol. The summed E-state index contributed by atoms with van der Waals surface area (Å²) in [5, 5.41) is 13.7. The molecule has 2 aromatic rings. The van der Waals surface area contributed by atoms with Gasteiger partial charge in [0.15, 0.2) is 0 Å². The van der Waals surface area contributed by atoms with Crippen molar-refractivity contribution >= 4 is 23.3 Å². The highest BCUT2D eigenvalue weighted by atomic mass is 16.6. The third-order valence-electron chi connectivity index (χ3n) is 3.65. The van der Waals surface area contributed by atoms with E-state index in [0.717, 1.165) is 0 Å². The first-order valence-corrected chi connectivity index (χ1v) is 8.22. The molecule has 136 valence electrons. The molecular weight excluding hydrogens is 336 g/mol. The lowest BCUT2D eigenvalue weighted by atomic mass is 10.1. The first kappa shape index (κ1) is 19.1. The van der Waals surface area contributed by atoms with E-state index in [1.54, 1.807) is 43.3 Å². The van der Waals surface area contributed by atoms with Crippen molar-refractivity contribution in [2.24, 2.45) is 0 Å². The Balaban J connectivity index is 2.30. The molecule has 0 saturated heterocycles. The molecule has 0 saturated carbocycles. The second-order valence-electron chi connectivity index (χ2n) is 5.80. The molecule has 0 spiro atoms. The summed E-state index contributed by atoms with van der Waals surface area (Å²) < 4.78 is 5.31. The Morgan fingerprint density at radius 2 is 1.88 bits per heavy atom. The van der Waals surface area contributed by atoms with Crippen molar-refractivity contribution in [3.8, 4) is 0 Å². The Bertz CT molecular complexity index is 805. The molecule has 1 unspecified atom stereocenters. The molecule has 1 atom stereocenters. The molecule has 0 bridgehead atoms. The van der Waals surface area contributed by atoms with Gasteiger partial charge in [-0.2, -0.15) is 0 Å². The van der Waals surface area contributed by atoms with E-state index in [9.17, 15) is 19.7 Å². The van der Waals surface area contributed by atoms with E-state index in [1.807, 2.05) is 6.92 Å². The van der Waals surface area contributed by atoms with Gasteiger partial charge >= 0.3 is 5.97 Å². The SMILES string of the molecule is CCCC(=O)OC(C(=O)Nc1ccc(C)cc1[N+](=O)[O-])c1ccccc1. The van der Waals surface area contributed by atoms with Crippen LogP contribution in [0.2, 0.25) is 0 Å². The maximum Gasteiger partial charge on any atom is 0.306 e. The summed E-state index contributed by atoms with van der Waals surface area (Å²) in [6.07, 6.45) is -0.414. The Kier molecular flexibility index (Phi) is 6.43. The first-order chi connectivity index (χ1) is 12.4. The smallest absolute Gasteiger partial charge is 0.306 e. The molecule has 1 N–H and O–H groups in total. The van der Waals surface area contributed by atoms with Crippen molar-refractivity contribution in [3.05, 3.63) is 69.8 Å². The van der Waals surface area contributed by atoms with Gasteiger partial charge in [-0.1, -0.05) is 43.3 Å². The standard InChI is InChI=1S/C19H20N2O5/c1-3-7-17(22)26-18(14-8-5-4-6-9-14)19(23)20-15-11-10-13(2)12-16(15)21(24)25/h4-6,8-12,18H,3,7H2,1-2H3,(H,20,23). The number of carbonyl (C=O) groups excluding carboxylic acids is 2. The predicted molar refractivity (Wildman–Crippen MR) is 96.6 cm³/mol. The highest BCUT2D eigenvalue weighted by molar-refractivity contribution is 5.97. The van der Waals surface area contributed by atoms with Crippen LogP contribution < -0.4 is 5.32 Å². The van der Waals surface area contributed by atoms with Crippen molar-refractivity contribution in [2.45, 2.75) is 32.8 Å². The highest BCUT2D eigenvalue weighted by Gasteiger charge is 2.27. The minimum Gasteiger partial charge on any atom is -0.447 e. The summed E-state index contributed by atoms with van der Waals surface area (Å²) in [7, 11) is 0. The van der Waals surface area contributed by atoms with E-state index in [0.29, 0.717) is 17.5 Å². The molecule has 7 heteroatoms. The molecule has 0 fully saturated rings. The summed E-state index contributed by atoms with van der Waals surface area (Å²) in [6, 6.07) is 13.0. The van der Waals surface area contributed by atoms with Crippen LogP contribution in [0.1, 0.15) is 37.0 Å². The number of nitrogens with one attached hydrogen (secondary N) is 1. The number of nitro benzene ring substituents is 1. The maximum atomic E-state index is 12.7. The molecule has 0 aliphatic carbocycles. The van der Waals surface area contributed by atoms with E-state index in [2.05, 4.69) is 5.32 Å². The number of esters is 1. The zero-order valence-corrected chi connectivity index (χ0v) is 14.6. The van der Waals surface area contributed by atoms with Crippen LogP contribution >= 0.6 is 0 Å². The van der Waals surface area contributed by atoms with Gasteiger partial charge < -0.3 is 10.1 Å². The molecule has 7 nitrogen and oxygen atoms in total. The Hall–Kier alpha value is -3.22. The number of amides is 1. The summed E-state index contributed by atoms with van der Waals surface area (Å²) in [6.45, 7) is 3.55. The Labute approximate surface area is 151 Å². The number of rotatable bonds is 7. The van der Waals surface area contributed by atoms with E-state index in [1.165, 1.54) is 12.1 Å². The van der Waals surface area contributed by atoms with Crippen molar-refractivity contribution in [2.75, 3.05) is 5.32 Å². The van der Waals surface area contributed by atoms with E-state index in [-0.39, 0.29) is 17.8 Å². The van der Waals surface area contributed by atoms with Crippen LogP contribution in [-0.4, -0.2) is 16.8 Å². The lowest BCUT2D eigenvalue weighted by Gasteiger charge is -2.18. The Morgan fingerprint density at radius 3 is 2.50 bits per heavy atom. The summed E-state index contributed by atoms with van der Waals surface area (Å²) in [4.78, 5) is 35.3. The molecule has 2 aromatic carbocycles. The average Bonchev–Trinajstić information content (AvgIpc) is 2.62. The third-order valence-corrected chi connectivity index (χ3v) is 3.65. The molecule has 2 rings (SSSR count). The zero-order valence-electron chi connectivity index (χ0n) is 14.6. The van der Waals surface area contributed by atoms with Gasteiger partial charge in [0.25, 0.3) is 11.6 Å². The number of carbonyl (C=O) groups is 2. The van der Waals surface area contributed by atoms with E-state index < -0.39 is 22.9 Å². The minimum absolute atomic E-state index is 0.0538. The topological polar surface area (TPSA) is 98.5 Å². The van der Waals surface area contributed by atoms with Crippen LogP contribution in [0.25, 0.3) is 0 Å². The highest BCUT2D eigenvalue weighted by Crippen LogP contribution is 2.27. The molecule has 26 heavy (non-hydrogen) atoms. The quantitative estimate of drug-likeness (QED) is 0.460. The zero-order chi connectivity index (χ0) is 19.1. The average molecular weight is 356 g/mol. The lowest BCUT2D eigenvalue weighted by Crippen LogP contribution is -2.26. The third kappa shape index (κ3) is 4.89. The van der Waals surface area contributed by atoms with Crippen molar-refractivity contribution in [1.29, 1.82) is 0 Å². The van der Waals surface area contributed by atoms with Gasteiger partial charge in [-0.15, -0.1) is 0 Å². The normalized spacial score (nSPS) is 11.5. The molecule has 0 aliphatic rings. The molecule has 0 aromatic heterocycles. The molecule has 0 heterocycles. The van der Waals surface area contributed by atoms with Gasteiger partial charge in [0, 0.05) is 18.1 Å². The fourth-order valence-electron chi connectivity index (χ4n) is 2.39. The van der Waals surface area contributed by atoms with Crippen LogP contribution in [0, 0.1) is 17.0 Å². The number of hydrogen-bond acceptors (Lipinski definition) is 5. The minimum atomic E-state index is -1.18. The number of benzene rings is 2. The number of hydrogen-bond donors (Lipinski definition) is 1. The van der Waals surface area contributed by atoms with E-state index in [4.69, 9.17) is 4.74 Å². The van der Waals surface area contributed by atoms with Crippen LogP contribution in [0.5, 0.6) is 0 Å². The van der Waals surface area contributed by atoms with Crippen LogP contribution in [0.15, 0.2) is 48.5 Å². The molecule has 0 radical (unpaired) electrons. The van der Waals surface area contributed by atoms with Crippen LogP contribution in [0.3, 0.4) is 0 Å². The van der Waals surface area contributed by atoms with Crippen molar-refractivity contribution in [1.82, 2.24) is 0 Å². The van der Waals surface area contributed by atoms with Crippen LogP contribution in [-0.2, 0) is 14.3 Å². The first-order valence-electron chi connectivity index (χ1n) is 8.22.